The Kier molecular flexibility index (Phi) is 5.28. The number of halogens is 1. The lowest BCUT2D eigenvalue weighted by atomic mass is 9.85. The van der Waals surface area contributed by atoms with Gasteiger partial charge in [-0.2, -0.15) is 5.10 Å². The largest absolute Gasteiger partial charge is 0.353 e. The lowest BCUT2D eigenvalue weighted by Crippen LogP contribution is -2.28. The highest BCUT2D eigenvalue weighted by atomic mass is 19.1. The van der Waals surface area contributed by atoms with E-state index in [9.17, 15) is 9.18 Å². The maximum absolute atomic E-state index is 14.6. The number of amides is 1. The van der Waals surface area contributed by atoms with Crippen LogP contribution >= 0.6 is 0 Å². The quantitative estimate of drug-likeness (QED) is 0.231. The van der Waals surface area contributed by atoms with Crippen LogP contribution in [0.25, 0.3) is 55.4 Å². The van der Waals surface area contributed by atoms with Gasteiger partial charge in [-0.1, -0.05) is 42.8 Å². The third kappa shape index (κ3) is 3.84. The molecule has 0 unspecified atom stereocenters. The van der Waals surface area contributed by atoms with E-state index >= 15 is 0 Å². The van der Waals surface area contributed by atoms with Crippen LogP contribution in [-0.4, -0.2) is 26.1 Å². The van der Waals surface area contributed by atoms with Gasteiger partial charge in [0.2, 0.25) is 5.91 Å². The normalized spacial score (nSPS) is 13.6. The van der Waals surface area contributed by atoms with Gasteiger partial charge in [-0.25, -0.2) is 4.39 Å². The number of carbonyl (C=O) groups excluding carboxylic acids is 1. The van der Waals surface area contributed by atoms with Gasteiger partial charge in [-0.15, -0.1) is 0 Å². The number of aromatic amines is 2. The number of anilines is 1. The van der Waals surface area contributed by atoms with Crippen LogP contribution in [0.4, 0.5) is 10.1 Å². The van der Waals surface area contributed by atoms with Crippen LogP contribution in [0.15, 0.2) is 85.2 Å². The van der Waals surface area contributed by atoms with Gasteiger partial charge >= 0.3 is 0 Å². The molecule has 3 N–H and O–H groups in total. The molecule has 3 aromatic carbocycles. The van der Waals surface area contributed by atoms with E-state index in [2.05, 4.69) is 31.5 Å². The summed E-state index contributed by atoms with van der Waals surface area (Å²) in [7, 11) is 0. The molecule has 0 spiro atoms. The standard InChI is InChI=1S/C31H24FN5O/c32-26-9-2-1-7-23(26)22-8-4-10-27-24(22)15-29(35-27)30-25-14-19(11-12-28(25)36-37-30)20-13-21(17-33-16-20)34-31(38)18-5-3-6-18/h1-2,4,7-18,35H,3,5-6H2,(H,34,38)(H,36,37). The molecule has 1 amide bonds. The maximum Gasteiger partial charge on any atom is 0.227 e. The number of pyridine rings is 1. The summed E-state index contributed by atoms with van der Waals surface area (Å²) in [4.78, 5) is 20.2. The number of benzene rings is 3. The number of nitrogens with zero attached hydrogens (tertiary/aromatic N) is 2. The molecule has 1 saturated carbocycles. The number of hydrogen-bond acceptors (Lipinski definition) is 3. The number of H-pyrrole nitrogens is 2. The van der Waals surface area contributed by atoms with Crippen LogP contribution in [0.2, 0.25) is 0 Å². The third-order valence-electron chi connectivity index (χ3n) is 7.46. The summed E-state index contributed by atoms with van der Waals surface area (Å²) in [5.41, 5.74) is 7.39. The van der Waals surface area contributed by atoms with E-state index in [-0.39, 0.29) is 17.6 Å². The van der Waals surface area contributed by atoms with Gasteiger partial charge in [0.25, 0.3) is 0 Å². The Morgan fingerprint density at radius 2 is 1.74 bits per heavy atom. The van der Waals surface area contributed by atoms with Crippen LogP contribution in [0, 0.1) is 11.7 Å². The van der Waals surface area contributed by atoms with E-state index in [0.29, 0.717) is 11.3 Å². The number of nitrogens with one attached hydrogen (secondary N) is 3. The zero-order valence-corrected chi connectivity index (χ0v) is 20.5. The van der Waals surface area contributed by atoms with E-state index in [1.54, 1.807) is 24.5 Å². The fraction of sp³-hybridized carbons (Fsp3) is 0.129. The summed E-state index contributed by atoms with van der Waals surface area (Å²) >= 11 is 0. The highest BCUT2D eigenvalue weighted by molar-refractivity contribution is 6.02. The van der Waals surface area contributed by atoms with Gasteiger partial charge in [-0.3, -0.25) is 14.9 Å². The molecule has 0 atom stereocenters. The predicted octanol–water partition coefficient (Wildman–Crippen LogP) is 7.32. The van der Waals surface area contributed by atoms with Crippen molar-refractivity contribution in [2.45, 2.75) is 19.3 Å². The van der Waals surface area contributed by atoms with E-state index in [1.807, 2.05) is 48.5 Å². The molecule has 3 aromatic heterocycles. The average Bonchev–Trinajstić information content (AvgIpc) is 3.52. The monoisotopic (exact) mass is 501 g/mol. The second-order valence-corrected chi connectivity index (χ2v) is 9.84. The molecule has 6 aromatic rings. The van der Waals surface area contributed by atoms with Crippen LogP contribution in [-0.2, 0) is 4.79 Å². The second-order valence-electron chi connectivity index (χ2n) is 9.84. The van der Waals surface area contributed by atoms with Gasteiger partial charge < -0.3 is 10.3 Å². The Morgan fingerprint density at radius 3 is 2.58 bits per heavy atom. The fourth-order valence-electron chi connectivity index (χ4n) is 5.18. The Labute approximate surface area is 217 Å². The van der Waals surface area contributed by atoms with Crippen molar-refractivity contribution in [3.63, 3.8) is 0 Å². The molecule has 1 aliphatic rings. The Bertz CT molecular complexity index is 1830. The molecule has 7 rings (SSSR count). The summed E-state index contributed by atoms with van der Waals surface area (Å²) in [6.45, 7) is 0. The molecule has 0 radical (unpaired) electrons. The second kappa shape index (κ2) is 8.95. The molecule has 0 bridgehead atoms. The maximum atomic E-state index is 14.6. The fourth-order valence-corrected chi connectivity index (χ4v) is 5.18. The lowest BCUT2D eigenvalue weighted by molar-refractivity contribution is -0.122. The number of carbonyl (C=O) groups is 1. The molecule has 1 fully saturated rings. The third-order valence-corrected chi connectivity index (χ3v) is 7.46. The summed E-state index contributed by atoms with van der Waals surface area (Å²) in [5.74, 6) is -0.0765. The number of hydrogen-bond donors (Lipinski definition) is 3. The van der Waals surface area contributed by atoms with Crippen molar-refractivity contribution in [1.82, 2.24) is 20.2 Å². The molecule has 0 saturated heterocycles. The molecule has 186 valence electrons. The SMILES string of the molecule is O=C(Nc1cncc(-c2ccc3[nH]nc(-c4cc5c(-c6ccccc6F)cccc5[nH]4)c3c2)c1)C1CCC1. The van der Waals surface area contributed by atoms with Gasteiger partial charge in [0.1, 0.15) is 11.5 Å². The zero-order chi connectivity index (χ0) is 25.6. The van der Waals surface area contributed by atoms with E-state index < -0.39 is 0 Å². The molecule has 1 aliphatic carbocycles. The van der Waals surface area contributed by atoms with Crippen LogP contribution < -0.4 is 5.32 Å². The summed E-state index contributed by atoms with van der Waals surface area (Å²) in [6.07, 6.45) is 6.50. The first-order valence-corrected chi connectivity index (χ1v) is 12.8. The van der Waals surface area contributed by atoms with Gasteiger partial charge in [0.15, 0.2) is 0 Å². The van der Waals surface area contributed by atoms with E-state index in [4.69, 9.17) is 0 Å². The minimum atomic E-state index is -0.252. The van der Waals surface area contributed by atoms with E-state index in [1.165, 1.54) is 6.07 Å². The molecule has 7 heteroatoms. The number of fused-ring (bicyclic) bond motifs is 2. The molecule has 0 aliphatic heterocycles. The first-order valence-electron chi connectivity index (χ1n) is 12.8. The first-order chi connectivity index (χ1) is 18.6. The molecular formula is C31H24FN5O. The molecule has 3 heterocycles. The van der Waals surface area contributed by atoms with Crippen LogP contribution in [0.5, 0.6) is 0 Å². The van der Waals surface area contributed by atoms with Gasteiger partial charge in [0.05, 0.1) is 23.1 Å². The van der Waals surface area contributed by atoms with Crippen molar-refractivity contribution in [3.05, 3.63) is 91.0 Å². The minimum Gasteiger partial charge on any atom is -0.353 e. The van der Waals surface area contributed by atoms with Crippen LogP contribution in [0.1, 0.15) is 19.3 Å². The summed E-state index contributed by atoms with van der Waals surface area (Å²) in [6, 6.07) is 22.7. The summed E-state index contributed by atoms with van der Waals surface area (Å²) in [5, 5.41) is 12.6. The van der Waals surface area contributed by atoms with Crippen molar-refractivity contribution in [3.8, 4) is 33.6 Å². The van der Waals surface area contributed by atoms with E-state index in [0.717, 1.165) is 69.1 Å². The van der Waals surface area contributed by atoms with Crippen molar-refractivity contribution >= 4 is 33.4 Å². The minimum absolute atomic E-state index is 0.0661. The summed E-state index contributed by atoms with van der Waals surface area (Å²) < 4.78 is 14.6. The van der Waals surface area contributed by atoms with Crippen LogP contribution in [0.3, 0.4) is 0 Å². The first kappa shape index (κ1) is 22.4. The predicted molar refractivity (Wildman–Crippen MR) is 148 cm³/mol. The van der Waals surface area contributed by atoms with Crippen molar-refractivity contribution in [1.29, 1.82) is 0 Å². The average molecular weight is 502 g/mol. The topological polar surface area (TPSA) is 86.5 Å². The Balaban J connectivity index is 1.27. The molecule has 38 heavy (non-hydrogen) atoms. The van der Waals surface area contributed by atoms with Gasteiger partial charge in [0, 0.05) is 39.5 Å². The van der Waals surface area contributed by atoms with Gasteiger partial charge in [-0.05, 0) is 60.4 Å². The number of aromatic nitrogens is 4. The highest BCUT2D eigenvalue weighted by Crippen LogP contribution is 2.36. The Morgan fingerprint density at radius 1 is 0.868 bits per heavy atom. The smallest absolute Gasteiger partial charge is 0.227 e. The lowest BCUT2D eigenvalue weighted by Gasteiger charge is -2.24. The number of rotatable bonds is 5. The molecular weight excluding hydrogens is 477 g/mol. The zero-order valence-electron chi connectivity index (χ0n) is 20.5. The van der Waals surface area contributed by atoms with Crippen molar-refractivity contribution < 1.29 is 9.18 Å². The van der Waals surface area contributed by atoms with Crippen molar-refractivity contribution in [2.75, 3.05) is 5.32 Å². The molecule has 6 nitrogen and oxygen atoms in total. The Hall–Kier alpha value is -4.78. The van der Waals surface area contributed by atoms with Crippen molar-refractivity contribution in [2.24, 2.45) is 5.92 Å². The highest BCUT2D eigenvalue weighted by Gasteiger charge is 2.25.